The predicted molar refractivity (Wildman–Crippen MR) is 49.5 cm³/mol. The molecule has 0 aliphatic heterocycles. The second kappa shape index (κ2) is 3.49. The van der Waals surface area contributed by atoms with Crippen LogP contribution in [0.1, 0.15) is 11.4 Å². The monoisotopic (exact) mass is 192 g/mol. The Bertz CT molecular complexity index is 439. The zero-order valence-corrected chi connectivity index (χ0v) is 7.37. The molecule has 1 aromatic carbocycles. The summed E-state index contributed by atoms with van der Waals surface area (Å²) in [6.45, 7) is 0. The summed E-state index contributed by atoms with van der Waals surface area (Å²) < 4.78 is 12.8. The van der Waals surface area contributed by atoms with E-state index in [1.807, 2.05) is 6.07 Å². The third-order valence-electron chi connectivity index (χ3n) is 1.88. The van der Waals surface area contributed by atoms with E-state index in [-0.39, 0.29) is 11.7 Å². The van der Waals surface area contributed by atoms with Crippen molar-refractivity contribution in [3.63, 3.8) is 0 Å². The zero-order valence-electron chi connectivity index (χ0n) is 7.37. The largest absolute Gasteiger partial charge is 0.493 e. The Kier molecular flexibility index (Phi) is 2.18. The van der Waals surface area contributed by atoms with Crippen LogP contribution in [0.25, 0.3) is 0 Å². The molecule has 14 heavy (non-hydrogen) atoms. The lowest BCUT2D eigenvalue weighted by atomic mass is 10.1. The van der Waals surface area contributed by atoms with Crippen LogP contribution in [0, 0.1) is 5.82 Å². The molecule has 0 aliphatic carbocycles. The van der Waals surface area contributed by atoms with E-state index in [0.29, 0.717) is 12.2 Å². The molecule has 2 N–H and O–H groups in total. The van der Waals surface area contributed by atoms with Crippen LogP contribution in [0.15, 0.2) is 30.5 Å². The van der Waals surface area contributed by atoms with Crippen molar-refractivity contribution in [2.45, 2.75) is 6.42 Å². The first-order chi connectivity index (χ1) is 6.74. The molecule has 0 amide bonds. The van der Waals surface area contributed by atoms with Gasteiger partial charge in [0, 0.05) is 6.42 Å². The molecule has 0 saturated carbocycles. The van der Waals surface area contributed by atoms with Crippen molar-refractivity contribution < 1.29 is 9.50 Å². The summed E-state index contributed by atoms with van der Waals surface area (Å²) >= 11 is 0. The standard InChI is InChI=1S/C10H9FN2O/c11-8-3-1-2-7(4-8)5-9-12-6-10(14)13-9/h1-4,6,14H,5H2,(H,12,13). The molecule has 2 aromatic rings. The lowest BCUT2D eigenvalue weighted by Crippen LogP contribution is -1.90. The summed E-state index contributed by atoms with van der Waals surface area (Å²) in [4.78, 5) is 6.58. The van der Waals surface area contributed by atoms with Crippen molar-refractivity contribution in [1.29, 1.82) is 0 Å². The summed E-state index contributed by atoms with van der Waals surface area (Å²) in [7, 11) is 0. The third kappa shape index (κ3) is 1.90. The van der Waals surface area contributed by atoms with Gasteiger partial charge in [-0.05, 0) is 17.7 Å². The fourth-order valence-corrected chi connectivity index (χ4v) is 1.28. The van der Waals surface area contributed by atoms with Crippen LogP contribution >= 0.6 is 0 Å². The van der Waals surface area contributed by atoms with E-state index in [4.69, 9.17) is 5.11 Å². The number of H-pyrrole nitrogens is 1. The summed E-state index contributed by atoms with van der Waals surface area (Å²) in [5, 5.41) is 8.99. The average Bonchev–Trinajstić information content (AvgIpc) is 2.51. The second-order valence-electron chi connectivity index (χ2n) is 3.02. The molecule has 1 aromatic heterocycles. The lowest BCUT2D eigenvalue weighted by molar-refractivity contribution is 0.455. The Morgan fingerprint density at radius 3 is 2.93 bits per heavy atom. The van der Waals surface area contributed by atoms with Gasteiger partial charge in [-0.3, -0.25) is 0 Å². The first-order valence-corrected chi connectivity index (χ1v) is 4.21. The third-order valence-corrected chi connectivity index (χ3v) is 1.88. The van der Waals surface area contributed by atoms with Gasteiger partial charge in [-0.1, -0.05) is 12.1 Å². The van der Waals surface area contributed by atoms with Gasteiger partial charge in [0.25, 0.3) is 0 Å². The molecule has 0 atom stereocenters. The number of hydrogen-bond donors (Lipinski definition) is 2. The van der Waals surface area contributed by atoms with Gasteiger partial charge in [0.1, 0.15) is 11.6 Å². The number of rotatable bonds is 2. The molecule has 3 nitrogen and oxygen atoms in total. The van der Waals surface area contributed by atoms with Crippen LogP contribution in [-0.4, -0.2) is 15.1 Å². The predicted octanol–water partition coefficient (Wildman–Crippen LogP) is 1.85. The second-order valence-corrected chi connectivity index (χ2v) is 3.02. The van der Waals surface area contributed by atoms with Crippen molar-refractivity contribution in [2.24, 2.45) is 0 Å². The molecule has 4 heteroatoms. The van der Waals surface area contributed by atoms with E-state index >= 15 is 0 Å². The molecule has 0 unspecified atom stereocenters. The van der Waals surface area contributed by atoms with Crippen molar-refractivity contribution in [2.75, 3.05) is 0 Å². The van der Waals surface area contributed by atoms with Gasteiger partial charge in [-0.15, -0.1) is 0 Å². The molecule has 2 rings (SSSR count). The number of halogens is 1. The number of aromatic hydroxyl groups is 1. The fourth-order valence-electron chi connectivity index (χ4n) is 1.28. The first kappa shape index (κ1) is 8.74. The topological polar surface area (TPSA) is 48.9 Å². The zero-order chi connectivity index (χ0) is 9.97. The SMILES string of the molecule is Oc1cnc(Cc2cccc(F)c2)[nH]1. The summed E-state index contributed by atoms with van der Waals surface area (Å²) in [5.74, 6) is 0.378. The number of nitrogens with one attached hydrogen (secondary N) is 1. The van der Waals surface area contributed by atoms with Gasteiger partial charge < -0.3 is 10.1 Å². The maximum Gasteiger partial charge on any atom is 0.208 e. The van der Waals surface area contributed by atoms with Crippen molar-refractivity contribution in [3.05, 3.63) is 47.7 Å². The van der Waals surface area contributed by atoms with Crippen LogP contribution in [0.3, 0.4) is 0 Å². The van der Waals surface area contributed by atoms with Crippen LogP contribution in [0.4, 0.5) is 4.39 Å². The Labute approximate surface area is 80.2 Å². The Hall–Kier alpha value is -1.84. The minimum atomic E-state index is -0.265. The van der Waals surface area contributed by atoms with Crippen LogP contribution in [0.5, 0.6) is 5.88 Å². The van der Waals surface area contributed by atoms with Gasteiger partial charge in [0.15, 0.2) is 0 Å². The molecule has 0 aliphatic rings. The van der Waals surface area contributed by atoms with Crippen molar-refractivity contribution in [3.8, 4) is 5.88 Å². The van der Waals surface area contributed by atoms with Crippen molar-refractivity contribution in [1.82, 2.24) is 9.97 Å². The summed E-state index contributed by atoms with van der Waals surface area (Å²) in [6, 6.07) is 6.29. The Morgan fingerprint density at radius 2 is 2.29 bits per heavy atom. The molecule has 0 bridgehead atoms. The molecule has 0 saturated heterocycles. The first-order valence-electron chi connectivity index (χ1n) is 4.21. The quantitative estimate of drug-likeness (QED) is 0.762. The maximum atomic E-state index is 12.8. The van der Waals surface area contributed by atoms with Crippen molar-refractivity contribution >= 4 is 0 Å². The van der Waals surface area contributed by atoms with E-state index in [2.05, 4.69) is 9.97 Å². The van der Waals surface area contributed by atoms with Crippen LogP contribution < -0.4 is 0 Å². The minimum Gasteiger partial charge on any atom is -0.493 e. The number of aromatic nitrogens is 2. The minimum absolute atomic E-state index is 0.0244. The molecule has 0 spiro atoms. The van der Waals surface area contributed by atoms with E-state index < -0.39 is 0 Å². The molecular weight excluding hydrogens is 183 g/mol. The molecule has 0 radical (unpaired) electrons. The van der Waals surface area contributed by atoms with Gasteiger partial charge in [0.05, 0.1) is 6.20 Å². The number of imidazole rings is 1. The number of benzene rings is 1. The Balaban J connectivity index is 2.18. The smallest absolute Gasteiger partial charge is 0.208 e. The molecule has 1 heterocycles. The number of aromatic amines is 1. The highest BCUT2D eigenvalue weighted by Gasteiger charge is 2.01. The maximum absolute atomic E-state index is 12.8. The highest BCUT2D eigenvalue weighted by atomic mass is 19.1. The van der Waals surface area contributed by atoms with Gasteiger partial charge >= 0.3 is 0 Å². The number of nitrogens with zero attached hydrogens (tertiary/aromatic N) is 1. The molecule has 72 valence electrons. The van der Waals surface area contributed by atoms with Crippen LogP contribution in [-0.2, 0) is 6.42 Å². The highest BCUT2D eigenvalue weighted by Crippen LogP contribution is 2.10. The lowest BCUT2D eigenvalue weighted by Gasteiger charge is -1.97. The van der Waals surface area contributed by atoms with E-state index in [1.165, 1.54) is 18.3 Å². The summed E-state index contributed by atoms with van der Waals surface area (Å²) in [5.41, 5.74) is 0.819. The fraction of sp³-hybridized carbons (Fsp3) is 0.100. The van der Waals surface area contributed by atoms with E-state index in [0.717, 1.165) is 5.56 Å². The summed E-state index contributed by atoms with van der Waals surface area (Å²) in [6.07, 6.45) is 1.81. The van der Waals surface area contributed by atoms with E-state index in [1.54, 1.807) is 6.07 Å². The molecular formula is C10H9FN2O. The van der Waals surface area contributed by atoms with E-state index in [9.17, 15) is 4.39 Å². The van der Waals surface area contributed by atoms with Gasteiger partial charge in [0.2, 0.25) is 5.88 Å². The van der Waals surface area contributed by atoms with Crippen LogP contribution in [0.2, 0.25) is 0 Å². The van der Waals surface area contributed by atoms with Gasteiger partial charge in [-0.25, -0.2) is 9.37 Å². The molecule has 0 fully saturated rings. The average molecular weight is 192 g/mol. The van der Waals surface area contributed by atoms with Gasteiger partial charge in [-0.2, -0.15) is 0 Å². The normalized spacial score (nSPS) is 10.4. The number of hydrogen-bond acceptors (Lipinski definition) is 2. The Morgan fingerprint density at radius 1 is 1.43 bits per heavy atom. The highest BCUT2D eigenvalue weighted by molar-refractivity contribution is 5.21.